The maximum atomic E-state index is 13.3. The first kappa shape index (κ1) is 19.6. The molecule has 0 radical (unpaired) electrons. The standard InChI is InChI=1S/C23H28N4O2/c1-29-13-12-27-21(15-20-6-3-9-25-22(20)27)23(28)26-10-7-18(8-11-26)19-5-2-4-17(14-19)16-24/h2-6,9,14-15,18H,7-8,10-13,16,24H2,1H3. The molecule has 4 rings (SSSR count). The van der Waals surface area contributed by atoms with Crippen LogP contribution in [0.4, 0.5) is 0 Å². The fourth-order valence-electron chi connectivity index (χ4n) is 4.22. The lowest BCUT2D eigenvalue weighted by molar-refractivity contribution is 0.0700. The predicted molar refractivity (Wildman–Crippen MR) is 114 cm³/mol. The largest absolute Gasteiger partial charge is 0.383 e. The Balaban J connectivity index is 1.51. The summed E-state index contributed by atoms with van der Waals surface area (Å²) in [5, 5.41) is 0.987. The first-order valence-corrected chi connectivity index (χ1v) is 10.2. The van der Waals surface area contributed by atoms with Gasteiger partial charge in [-0.2, -0.15) is 0 Å². The topological polar surface area (TPSA) is 73.4 Å². The summed E-state index contributed by atoms with van der Waals surface area (Å²) in [6.07, 6.45) is 3.70. The molecule has 3 aromatic rings. The monoisotopic (exact) mass is 392 g/mol. The smallest absolute Gasteiger partial charge is 0.270 e. The number of nitrogens with two attached hydrogens (primary N) is 1. The molecule has 0 saturated carbocycles. The van der Waals surface area contributed by atoms with Crippen molar-refractivity contribution in [1.29, 1.82) is 0 Å². The van der Waals surface area contributed by atoms with Crippen LogP contribution in [0.2, 0.25) is 0 Å². The SMILES string of the molecule is COCCn1c(C(=O)N2CCC(c3cccc(CN)c3)CC2)cc2cccnc21. The van der Waals surface area contributed by atoms with Crippen LogP contribution in [0.3, 0.4) is 0 Å². The van der Waals surface area contributed by atoms with Gasteiger partial charge in [0.15, 0.2) is 0 Å². The molecule has 1 aromatic carbocycles. The van der Waals surface area contributed by atoms with Crippen LogP contribution < -0.4 is 5.73 Å². The van der Waals surface area contributed by atoms with Crippen LogP contribution in [-0.4, -0.2) is 47.2 Å². The minimum absolute atomic E-state index is 0.0771. The molecule has 1 saturated heterocycles. The van der Waals surface area contributed by atoms with Gasteiger partial charge in [0.25, 0.3) is 5.91 Å². The second-order valence-electron chi connectivity index (χ2n) is 7.61. The number of likely N-dealkylation sites (tertiary alicyclic amines) is 1. The molecule has 1 aliphatic rings. The average Bonchev–Trinajstić information content (AvgIpc) is 3.16. The van der Waals surface area contributed by atoms with Crippen molar-refractivity contribution < 1.29 is 9.53 Å². The first-order valence-electron chi connectivity index (χ1n) is 10.2. The van der Waals surface area contributed by atoms with Crippen molar-refractivity contribution in [2.45, 2.75) is 31.8 Å². The van der Waals surface area contributed by atoms with E-state index in [9.17, 15) is 4.79 Å². The molecule has 0 atom stereocenters. The van der Waals surface area contributed by atoms with Crippen LogP contribution in [0.1, 0.15) is 40.4 Å². The number of fused-ring (bicyclic) bond motifs is 1. The molecule has 1 amide bonds. The summed E-state index contributed by atoms with van der Waals surface area (Å²) >= 11 is 0. The number of pyridine rings is 1. The van der Waals surface area contributed by atoms with Gasteiger partial charge >= 0.3 is 0 Å². The van der Waals surface area contributed by atoms with Gasteiger partial charge in [0.2, 0.25) is 0 Å². The van der Waals surface area contributed by atoms with Crippen molar-refractivity contribution in [3.63, 3.8) is 0 Å². The summed E-state index contributed by atoms with van der Waals surface area (Å²) in [5.74, 6) is 0.555. The van der Waals surface area contributed by atoms with Crippen molar-refractivity contribution in [1.82, 2.24) is 14.5 Å². The minimum Gasteiger partial charge on any atom is -0.383 e. The van der Waals surface area contributed by atoms with E-state index in [-0.39, 0.29) is 5.91 Å². The summed E-state index contributed by atoms with van der Waals surface area (Å²) in [6.45, 7) is 3.23. The molecule has 6 heteroatoms. The number of benzene rings is 1. The average molecular weight is 393 g/mol. The molecule has 1 fully saturated rings. The van der Waals surface area contributed by atoms with E-state index in [2.05, 4.69) is 29.2 Å². The molecule has 0 bridgehead atoms. The van der Waals surface area contributed by atoms with Gasteiger partial charge in [-0.3, -0.25) is 4.79 Å². The van der Waals surface area contributed by atoms with E-state index in [1.807, 2.05) is 27.7 Å². The summed E-state index contributed by atoms with van der Waals surface area (Å²) in [4.78, 5) is 19.8. The number of aromatic nitrogens is 2. The molecule has 0 aliphatic carbocycles. The Morgan fingerprint density at radius 1 is 1.21 bits per heavy atom. The fraction of sp³-hybridized carbons (Fsp3) is 0.391. The van der Waals surface area contributed by atoms with E-state index in [1.54, 1.807) is 13.3 Å². The molecule has 6 nitrogen and oxygen atoms in total. The Kier molecular flexibility index (Phi) is 5.92. The van der Waals surface area contributed by atoms with E-state index >= 15 is 0 Å². The molecular weight excluding hydrogens is 364 g/mol. The predicted octanol–water partition coefficient (Wildman–Crippen LogP) is 3.16. The fourth-order valence-corrected chi connectivity index (χ4v) is 4.22. The molecular formula is C23H28N4O2. The van der Waals surface area contributed by atoms with Crippen LogP contribution in [0.15, 0.2) is 48.7 Å². The summed E-state index contributed by atoms with van der Waals surface area (Å²) in [5.41, 5.74) is 9.81. The molecule has 2 aromatic heterocycles. The highest BCUT2D eigenvalue weighted by Gasteiger charge is 2.27. The number of methoxy groups -OCH3 is 1. The number of piperidine rings is 1. The summed E-state index contributed by atoms with van der Waals surface area (Å²) in [6, 6.07) is 14.4. The number of ether oxygens (including phenoxy) is 1. The third-order valence-electron chi connectivity index (χ3n) is 5.83. The van der Waals surface area contributed by atoms with Crippen molar-refractivity contribution >= 4 is 16.9 Å². The van der Waals surface area contributed by atoms with Gasteiger partial charge in [-0.15, -0.1) is 0 Å². The highest BCUT2D eigenvalue weighted by Crippen LogP contribution is 2.30. The maximum absolute atomic E-state index is 13.3. The zero-order chi connectivity index (χ0) is 20.2. The van der Waals surface area contributed by atoms with E-state index in [0.29, 0.717) is 31.3 Å². The number of carbonyl (C=O) groups is 1. The van der Waals surface area contributed by atoms with Gasteiger partial charge in [-0.25, -0.2) is 4.98 Å². The van der Waals surface area contributed by atoms with Gasteiger partial charge in [-0.1, -0.05) is 24.3 Å². The van der Waals surface area contributed by atoms with Crippen LogP contribution in [0, 0.1) is 0 Å². The van der Waals surface area contributed by atoms with E-state index in [1.165, 1.54) is 5.56 Å². The Bertz CT molecular complexity index is 989. The molecule has 152 valence electrons. The minimum atomic E-state index is 0.0771. The van der Waals surface area contributed by atoms with Crippen LogP contribution >= 0.6 is 0 Å². The summed E-state index contributed by atoms with van der Waals surface area (Å²) in [7, 11) is 1.67. The number of nitrogens with zero attached hydrogens (tertiary/aromatic N) is 3. The van der Waals surface area contributed by atoms with Crippen LogP contribution in [0.5, 0.6) is 0 Å². The molecule has 2 N–H and O–H groups in total. The Morgan fingerprint density at radius 3 is 2.79 bits per heavy atom. The lowest BCUT2D eigenvalue weighted by atomic mass is 9.88. The van der Waals surface area contributed by atoms with E-state index < -0.39 is 0 Å². The maximum Gasteiger partial charge on any atom is 0.270 e. The van der Waals surface area contributed by atoms with E-state index in [4.69, 9.17) is 10.5 Å². The molecule has 29 heavy (non-hydrogen) atoms. The third-order valence-corrected chi connectivity index (χ3v) is 5.83. The highest BCUT2D eigenvalue weighted by atomic mass is 16.5. The van der Waals surface area contributed by atoms with Crippen molar-refractivity contribution in [3.05, 3.63) is 65.5 Å². The molecule has 0 spiro atoms. The third kappa shape index (κ3) is 4.04. The number of hydrogen-bond acceptors (Lipinski definition) is 4. The van der Waals surface area contributed by atoms with Crippen molar-refractivity contribution in [2.75, 3.05) is 26.8 Å². The second-order valence-corrected chi connectivity index (χ2v) is 7.61. The highest BCUT2D eigenvalue weighted by molar-refractivity contribution is 5.98. The van der Waals surface area contributed by atoms with Crippen LogP contribution in [-0.2, 0) is 17.8 Å². The molecule has 0 unspecified atom stereocenters. The number of carbonyl (C=O) groups excluding carboxylic acids is 1. The van der Waals surface area contributed by atoms with Gasteiger partial charge in [0.1, 0.15) is 11.3 Å². The van der Waals surface area contributed by atoms with Crippen molar-refractivity contribution in [3.8, 4) is 0 Å². The Hall–Kier alpha value is -2.70. The number of rotatable bonds is 6. The Morgan fingerprint density at radius 2 is 2.03 bits per heavy atom. The summed E-state index contributed by atoms with van der Waals surface area (Å²) < 4.78 is 7.23. The molecule has 3 heterocycles. The zero-order valence-corrected chi connectivity index (χ0v) is 16.9. The normalized spacial score (nSPS) is 15.2. The van der Waals surface area contributed by atoms with Gasteiger partial charge in [0.05, 0.1) is 6.61 Å². The van der Waals surface area contributed by atoms with E-state index in [0.717, 1.165) is 42.5 Å². The number of amides is 1. The van der Waals surface area contributed by atoms with Gasteiger partial charge in [-0.05, 0) is 48.1 Å². The lowest BCUT2D eigenvalue weighted by Crippen LogP contribution is -2.39. The number of hydrogen-bond donors (Lipinski definition) is 1. The second kappa shape index (κ2) is 8.76. The quantitative estimate of drug-likeness (QED) is 0.699. The van der Waals surface area contributed by atoms with Crippen LogP contribution in [0.25, 0.3) is 11.0 Å². The molecule has 1 aliphatic heterocycles. The van der Waals surface area contributed by atoms with Crippen molar-refractivity contribution in [2.24, 2.45) is 5.73 Å². The Labute approximate surface area is 171 Å². The lowest BCUT2D eigenvalue weighted by Gasteiger charge is -2.32. The van der Waals surface area contributed by atoms with Gasteiger partial charge < -0.3 is 19.9 Å². The van der Waals surface area contributed by atoms with Gasteiger partial charge in [0, 0.05) is 44.9 Å². The first-order chi connectivity index (χ1) is 14.2. The zero-order valence-electron chi connectivity index (χ0n) is 16.9.